The van der Waals surface area contributed by atoms with Crippen molar-refractivity contribution in [2.24, 2.45) is 0 Å². The van der Waals surface area contributed by atoms with Gasteiger partial charge < -0.3 is 5.32 Å². The van der Waals surface area contributed by atoms with Crippen molar-refractivity contribution in [3.05, 3.63) is 65.0 Å². The van der Waals surface area contributed by atoms with E-state index < -0.39 is 17.5 Å². The van der Waals surface area contributed by atoms with E-state index >= 15 is 0 Å². The lowest BCUT2D eigenvalue weighted by atomic mass is 10.2. The second kappa shape index (κ2) is 5.89. The highest BCUT2D eigenvalue weighted by Gasteiger charge is 2.09. The lowest BCUT2D eigenvalue weighted by molar-refractivity contribution is 0.0945. The van der Waals surface area contributed by atoms with Gasteiger partial charge in [0.15, 0.2) is 0 Å². The molecule has 0 saturated carbocycles. The van der Waals surface area contributed by atoms with Crippen LogP contribution in [0.4, 0.5) is 8.78 Å². The van der Waals surface area contributed by atoms with E-state index in [1.807, 2.05) is 6.07 Å². The molecule has 0 saturated heterocycles. The molecule has 1 aromatic carbocycles. The first-order chi connectivity index (χ1) is 9.60. The largest absolute Gasteiger partial charge is 0.347 e. The fourth-order valence-electron chi connectivity index (χ4n) is 1.54. The smallest absolute Gasteiger partial charge is 0.270 e. The highest BCUT2D eigenvalue weighted by atomic mass is 19.1. The lowest BCUT2D eigenvalue weighted by Gasteiger charge is -2.06. The Morgan fingerprint density at radius 2 is 2.10 bits per heavy atom. The minimum atomic E-state index is -0.598. The Bertz CT molecular complexity index is 678. The minimum absolute atomic E-state index is 0.0481. The molecule has 0 radical (unpaired) electrons. The third-order valence-corrected chi connectivity index (χ3v) is 2.57. The monoisotopic (exact) mass is 273 g/mol. The van der Waals surface area contributed by atoms with Crippen molar-refractivity contribution in [3.63, 3.8) is 0 Å². The normalized spacial score (nSPS) is 9.85. The molecule has 1 amide bonds. The molecule has 20 heavy (non-hydrogen) atoms. The zero-order valence-electron chi connectivity index (χ0n) is 10.2. The first kappa shape index (κ1) is 13.6. The summed E-state index contributed by atoms with van der Waals surface area (Å²) in [6, 6.07) is 7.73. The van der Waals surface area contributed by atoms with Crippen LogP contribution in [0.15, 0.2) is 36.5 Å². The van der Waals surface area contributed by atoms with Crippen LogP contribution in [0, 0.1) is 23.0 Å². The van der Waals surface area contributed by atoms with Crippen LogP contribution in [0.2, 0.25) is 0 Å². The highest BCUT2D eigenvalue weighted by Crippen LogP contribution is 2.09. The molecule has 1 N–H and O–H groups in total. The van der Waals surface area contributed by atoms with Crippen LogP contribution in [-0.4, -0.2) is 10.9 Å². The van der Waals surface area contributed by atoms with Gasteiger partial charge in [0.05, 0.1) is 5.56 Å². The van der Waals surface area contributed by atoms with Gasteiger partial charge in [-0.1, -0.05) is 0 Å². The maximum Gasteiger partial charge on any atom is 0.270 e. The first-order valence-corrected chi connectivity index (χ1v) is 5.68. The summed E-state index contributed by atoms with van der Waals surface area (Å²) in [5, 5.41) is 11.0. The number of nitrogens with zero attached hydrogens (tertiary/aromatic N) is 2. The number of amides is 1. The molecule has 2 rings (SSSR count). The Balaban J connectivity index is 2.04. The number of carbonyl (C=O) groups excluding carboxylic acids is 1. The molecule has 4 nitrogen and oxygen atoms in total. The van der Waals surface area contributed by atoms with Gasteiger partial charge in [-0.25, -0.2) is 13.8 Å². The first-order valence-electron chi connectivity index (χ1n) is 5.68. The predicted molar refractivity (Wildman–Crippen MR) is 66.5 cm³/mol. The van der Waals surface area contributed by atoms with E-state index in [9.17, 15) is 13.6 Å². The minimum Gasteiger partial charge on any atom is -0.347 e. The lowest BCUT2D eigenvalue weighted by Crippen LogP contribution is -2.24. The molecule has 1 heterocycles. The molecule has 100 valence electrons. The molecule has 1 aromatic heterocycles. The van der Waals surface area contributed by atoms with Gasteiger partial charge in [-0.3, -0.25) is 4.79 Å². The summed E-state index contributed by atoms with van der Waals surface area (Å²) < 4.78 is 26.3. The van der Waals surface area contributed by atoms with Gasteiger partial charge >= 0.3 is 0 Å². The van der Waals surface area contributed by atoms with Crippen LogP contribution in [0.5, 0.6) is 0 Å². The number of benzene rings is 1. The number of nitrogens with one attached hydrogen (secondary N) is 1. The van der Waals surface area contributed by atoms with Gasteiger partial charge in [0, 0.05) is 18.3 Å². The van der Waals surface area contributed by atoms with Gasteiger partial charge in [-0.2, -0.15) is 5.26 Å². The molecular formula is C14H9F2N3O. The third kappa shape index (κ3) is 3.14. The fourth-order valence-corrected chi connectivity index (χ4v) is 1.54. The summed E-state index contributed by atoms with van der Waals surface area (Å²) in [6.07, 6.45) is 1.26. The zero-order chi connectivity index (χ0) is 14.5. The third-order valence-electron chi connectivity index (χ3n) is 2.57. The van der Waals surface area contributed by atoms with Gasteiger partial charge in [-0.15, -0.1) is 0 Å². The summed E-state index contributed by atoms with van der Waals surface area (Å²) >= 11 is 0. The van der Waals surface area contributed by atoms with E-state index in [4.69, 9.17) is 5.26 Å². The zero-order valence-corrected chi connectivity index (χ0v) is 10.2. The summed E-state index contributed by atoms with van der Waals surface area (Å²) in [5.41, 5.74) is 0.477. The van der Waals surface area contributed by atoms with Crippen LogP contribution in [0.3, 0.4) is 0 Å². The number of aromatic nitrogens is 1. The van der Waals surface area contributed by atoms with E-state index in [2.05, 4.69) is 10.3 Å². The average Bonchev–Trinajstić information content (AvgIpc) is 2.48. The van der Waals surface area contributed by atoms with E-state index in [1.165, 1.54) is 18.3 Å². The molecule has 6 heteroatoms. The highest BCUT2D eigenvalue weighted by molar-refractivity contribution is 5.92. The van der Waals surface area contributed by atoms with Gasteiger partial charge in [0.1, 0.15) is 23.4 Å². The standard InChI is InChI=1S/C14H9F2N3O/c15-11-2-3-12(16)10(5-11)8-19-14(20)13-4-1-9(6-17)7-18-13/h1-5,7H,8H2,(H,19,20). The van der Waals surface area contributed by atoms with E-state index in [0.29, 0.717) is 5.56 Å². The maximum absolute atomic E-state index is 13.4. The van der Waals surface area contributed by atoms with Crippen molar-refractivity contribution < 1.29 is 13.6 Å². The molecule has 0 spiro atoms. The molecular weight excluding hydrogens is 264 g/mol. The molecule has 0 bridgehead atoms. The maximum atomic E-state index is 13.4. The molecule has 0 atom stereocenters. The number of hydrogen-bond acceptors (Lipinski definition) is 3. The van der Waals surface area contributed by atoms with Crippen molar-refractivity contribution in [2.45, 2.75) is 6.54 Å². The quantitative estimate of drug-likeness (QED) is 0.931. The van der Waals surface area contributed by atoms with Crippen molar-refractivity contribution in [3.8, 4) is 6.07 Å². The second-order valence-corrected chi connectivity index (χ2v) is 3.96. The van der Waals surface area contributed by atoms with E-state index in [0.717, 1.165) is 18.2 Å². The van der Waals surface area contributed by atoms with Crippen LogP contribution >= 0.6 is 0 Å². The Labute approximate surface area is 113 Å². The van der Waals surface area contributed by atoms with Crippen LogP contribution in [-0.2, 0) is 6.54 Å². The van der Waals surface area contributed by atoms with Gasteiger partial charge in [0.2, 0.25) is 0 Å². The Kier molecular flexibility index (Phi) is 4.01. The average molecular weight is 273 g/mol. The van der Waals surface area contributed by atoms with Crippen molar-refractivity contribution in [2.75, 3.05) is 0 Å². The number of rotatable bonds is 3. The van der Waals surface area contributed by atoms with E-state index in [1.54, 1.807) is 0 Å². The molecule has 2 aromatic rings. The topological polar surface area (TPSA) is 65.8 Å². The summed E-state index contributed by atoms with van der Waals surface area (Å²) in [7, 11) is 0. The Hall–Kier alpha value is -2.81. The summed E-state index contributed by atoms with van der Waals surface area (Å²) in [4.78, 5) is 15.5. The van der Waals surface area contributed by atoms with Crippen LogP contribution < -0.4 is 5.32 Å². The van der Waals surface area contributed by atoms with E-state index in [-0.39, 0.29) is 17.8 Å². The molecule has 0 fully saturated rings. The number of pyridine rings is 1. The molecule has 0 aliphatic carbocycles. The van der Waals surface area contributed by atoms with Crippen molar-refractivity contribution in [1.29, 1.82) is 5.26 Å². The van der Waals surface area contributed by atoms with Gasteiger partial charge in [0.25, 0.3) is 5.91 Å². The number of halogens is 2. The van der Waals surface area contributed by atoms with Crippen molar-refractivity contribution in [1.82, 2.24) is 10.3 Å². The Morgan fingerprint density at radius 1 is 1.30 bits per heavy atom. The molecule has 0 unspecified atom stereocenters. The fraction of sp³-hybridized carbons (Fsp3) is 0.0714. The van der Waals surface area contributed by atoms with Crippen molar-refractivity contribution >= 4 is 5.91 Å². The predicted octanol–water partition coefficient (Wildman–Crippen LogP) is 2.16. The molecule has 0 aliphatic heterocycles. The number of nitriles is 1. The molecule has 0 aliphatic rings. The van der Waals surface area contributed by atoms with Crippen LogP contribution in [0.25, 0.3) is 0 Å². The summed E-state index contributed by atoms with van der Waals surface area (Å²) in [5.74, 6) is -1.70. The summed E-state index contributed by atoms with van der Waals surface area (Å²) in [6.45, 7) is -0.149. The van der Waals surface area contributed by atoms with Crippen LogP contribution in [0.1, 0.15) is 21.6 Å². The van der Waals surface area contributed by atoms with Gasteiger partial charge in [-0.05, 0) is 30.3 Å². The second-order valence-electron chi connectivity index (χ2n) is 3.96. The Morgan fingerprint density at radius 3 is 2.75 bits per heavy atom. The SMILES string of the molecule is N#Cc1ccc(C(=O)NCc2cc(F)ccc2F)nc1. The number of hydrogen-bond donors (Lipinski definition) is 1. The number of carbonyl (C=O) groups is 1.